The lowest BCUT2D eigenvalue weighted by atomic mass is 10.1. The van der Waals surface area contributed by atoms with Crippen LogP contribution < -0.4 is 5.32 Å². The minimum absolute atomic E-state index is 0.195. The molecule has 2 rings (SSSR count). The lowest BCUT2D eigenvalue weighted by Crippen LogP contribution is -2.32. The van der Waals surface area contributed by atoms with Crippen LogP contribution in [0.3, 0.4) is 0 Å². The molecule has 3 nitrogen and oxygen atoms in total. The molecule has 0 radical (unpaired) electrons. The highest BCUT2D eigenvalue weighted by molar-refractivity contribution is 5.95. The van der Waals surface area contributed by atoms with Gasteiger partial charge in [-0.05, 0) is 31.8 Å². The average molecular weight is 272 g/mol. The van der Waals surface area contributed by atoms with Crippen LogP contribution in [0.15, 0.2) is 54.6 Å². The summed E-state index contributed by atoms with van der Waals surface area (Å²) in [6.45, 7) is 0. The smallest absolute Gasteiger partial charge is 0.246 e. The molecule has 1 amide bonds. The van der Waals surface area contributed by atoms with E-state index >= 15 is 0 Å². The first kappa shape index (κ1) is 14.2. The van der Waals surface area contributed by atoms with Crippen molar-refractivity contribution in [1.82, 2.24) is 4.90 Å². The Balaban J connectivity index is 2.23. The minimum Gasteiger partial charge on any atom is -0.322 e. The van der Waals surface area contributed by atoms with Crippen LogP contribution in [0.2, 0.25) is 0 Å². The van der Waals surface area contributed by atoms with E-state index in [2.05, 4.69) is 5.32 Å². The summed E-state index contributed by atoms with van der Waals surface area (Å²) in [4.78, 5) is 14.2. The molecule has 20 heavy (non-hydrogen) atoms. The van der Waals surface area contributed by atoms with Crippen LogP contribution in [-0.2, 0) is 4.79 Å². The second-order valence-electron chi connectivity index (χ2n) is 4.75. The van der Waals surface area contributed by atoms with Crippen molar-refractivity contribution in [3.63, 3.8) is 0 Å². The third-order valence-electron chi connectivity index (χ3n) is 3.01. The molecule has 0 aromatic heterocycles. The van der Waals surface area contributed by atoms with E-state index in [4.69, 9.17) is 0 Å². The van der Waals surface area contributed by atoms with E-state index in [9.17, 15) is 9.18 Å². The molecule has 1 N–H and O–H groups in total. The molecule has 0 aliphatic carbocycles. The Morgan fingerprint density at radius 1 is 1.05 bits per heavy atom. The highest BCUT2D eigenvalue weighted by Gasteiger charge is 2.23. The SMILES string of the molecule is CN(C)C(C(=O)Nc1ccccc1F)c1ccccc1. The van der Waals surface area contributed by atoms with Crippen LogP contribution in [0.1, 0.15) is 11.6 Å². The number of carbonyl (C=O) groups is 1. The van der Waals surface area contributed by atoms with Gasteiger partial charge in [-0.15, -0.1) is 0 Å². The van der Waals surface area contributed by atoms with Crippen molar-refractivity contribution in [2.45, 2.75) is 6.04 Å². The normalized spacial score (nSPS) is 12.2. The fourth-order valence-corrected chi connectivity index (χ4v) is 2.08. The molecular formula is C16H17FN2O. The van der Waals surface area contributed by atoms with Crippen molar-refractivity contribution in [1.29, 1.82) is 0 Å². The van der Waals surface area contributed by atoms with Gasteiger partial charge in [0, 0.05) is 0 Å². The van der Waals surface area contributed by atoms with E-state index in [0.29, 0.717) is 0 Å². The quantitative estimate of drug-likeness (QED) is 0.927. The van der Waals surface area contributed by atoms with Gasteiger partial charge in [0.05, 0.1) is 5.69 Å². The van der Waals surface area contributed by atoms with Gasteiger partial charge in [-0.1, -0.05) is 42.5 Å². The number of nitrogens with zero attached hydrogens (tertiary/aromatic N) is 1. The summed E-state index contributed by atoms with van der Waals surface area (Å²) in [5.74, 6) is -0.697. The maximum Gasteiger partial charge on any atom is 0.246 e. The highest BCUT2D eigenvalue weighted by atomic mass is 19.1. The Bertz CT molecular complexity index is 584. The number of nitrogens with one attached hydrogen (secondary N) is 1. The van der Waals surface area contributed by atoms with Crippen LogP contribution in [0, 0.1) is 5.82 Å². The number of amides is 1. The van der Waals surface area contributed by atoms with Gasteiger partial charge in [0.2, 0.25) is 5.91 Å². The highest BCUT2D eigenvalue weighted by Crippen LogP contribution is 2.21. The summed E-state index contributed by atoms with van der Waals surface area (Å²) in [6.07, 6.45) is 0. The predicted octanol–water partition coefficient (Wildman–Crippen LogP) is 3.07. The van der Waals surface area contributed by atoms with E-state index in [0.717, 1.165) is 5.56 Å². The number of hydrogen-bond donors (Lipinski definition) is 1. The summed E-state index contributed by atoms with van der Waals surface area (Å²) < 4.78 is 13.6. The Morgan fingerprint density at radius 3 is 2.25 bits per heavy atom. The number of para-hydroxylation sites is 1. The molecule has 0 bridgehead atoms. The van der Waals surface area contributed by atoms with Gasteiger partial charge in [0.1, 0.15) is 11.9 Å². The number of anilines is 1. The van der Waals surface area contributed by atoms with E-state index in [1.54, 1.807) is 23.1 Å². The maximum absolute atomic E-state index is 13.6. The van der Waals surface area contributed by atoms with Crippen molar-refractivity contribution >= 4 is 11.6 Å². The first-order valence-corrected chi connectivity index (χ1v) is 6.36. The number of hydrogen-bond acceptors (Lipinski definition) is 2. The number of carbonyl (C=O) groups excluding carboxylic acids is 1. The molecular weight excluding hydrogens is 255 g/mol. The van der Waals surface area contributed by atoms with Crippen LogP contribution in [0.5, 0.6) is 0 Å². The summed E-state index contributed by atoms with van der Waals surface area (Å²) in [7, 11) is 3.64. The van der Waals surface area contributed by atoms with Crippen molar-refractivity contribution in [3.05, 3.63) is 66.0 Å². The molecule has 0 heterocycles. The van der Waals surface area contributed by atoms with Crippen molar-refractivity contribution < 1.29 is 9.18 Å². The summed E-state index contributed by atoms with van der Waals surface area (Å²) in [6, 6.07) is 15.1. The first-order valence-electron chi connectivity index (χ1n) is 6.36. The molecule has 4 heteroatoms. The first-order chi connectivity index (χ1) is 9.59. The second kappa shape index (κ2) is 6.30. The Kier molecular flexibility index (Phi) is 4.48. The lowest BCUT2D eigenvalue weighted by molar-refractivity contribution is -0.120. The van der Waals surface area contributed by atoms with E-state index in [1.807, 2.05) is 44.4 Å². The van der Waals surface area contributed by atoms with E-state index in [-0.39, 0.29) is 11.6 Å². The van der Waals surface area contributed by atoms with Crippen LogP contribution in [-0.4, -0.2) is 24.9 Å². The fraction of sp³-hybridized carbons (Fsp3) is 0.188. The van der Waals surface area contributed by atoms with Crippen LogP contribution in [0.4, 0.5) is 10.1 Å². The molecule has 0 saturated heterocycles. The lowest BCUT2D eigenvalue weighted by Gasteiger charge is -2.23. The molecule has 0 fully saturated rings. The fourth-order valence-electron chi connectivity index (χ4n) is 2.08. The van der Waals surface area contributed by atoms with Crippen LogP contribution in [0.25, 0.3) is 0 Å². The molecule has 2 aromatic rings. The maximum atomic E-state index is 13.6. The van der Waals surface area contributed by atoms with Gasteiger partial charge < -0.3 is 5.32 Å². The Labute approximate surface area is 118 Å². The van der Waals surface area contributed by atoms with Gasteiger partial charge in [-0.2, -0.15) is 0 Å². The molecule has 0 aliphatic rings. The standard InChI is InChI=1S/C16H17FN2O/c1-19(2)15(12-8-4-3-5-9-12)16(20)18-14-11-7-6-10-13(14)17/h3-11,15H,1-2H3,(H,18,20). The molecule has 1 unspecified atom stereocenters. The number of likely N-dealkylation sites (N-methyl/N-ethyl adjacent to an activating group) is 1. The molecule has 0 spiro atoms. The summed E-state index contributed by atoms with van der Waals surface area (Å²) in [5.41, 5.74) is 1.06. The number of rotatable bonds is 4. The van der Waals surface area contributed by atoms with Crippen molar-refractivity contribution in [2.75, 3.05) is 19.4 Å². The predicted molar refractivity (Wildman–Crippen MR) is 77.9 cm³/mol. The topological polar surface area (TPSA) is 32.3 Å². The van der Waals surface area contributed by atoms with Gasteiger partial charge >= 0.3 is 0 Å². The largest absolute Gasteiger partial charge is 0.322 e. The third kappa shape index (κ3) is 3.22. The van der Waals surface area contributed by atoms with Crippen molar-refractivity contribution in [2.24, 2.45) is 0 Å². The molecule has 1 atom stereocenters. The third-order valence-corrected chi connectivity index (χ3v) is 3.01. The Morgan fingerprint density at radius 2 is 1.65 bits per heavy atom. The summed E-state index contributed by atoms with van der Waals surface area (Å²) >= 11 is 0. The van der Waals surface area contributed by atoms with Gasteiger partial charge in [-0.3, -0.25) is 9.69 Å². The minimum atomic E-state index is -0.462. The molecule has 0 saturated carbocycles. The van der Waals surface area contributed by atoms with Gasteiger partial charge in [-0.25, -0.2) is 4.39 Å². The average Bonchev–Trinajstić information content (AvgIpc) is 2.42. The van der Waals surface area contributed by atoms with E-state index in [1.165, 1.54) is 6.07 Å². The molecule has 104 valence electrons. The Hall–Kier alpha value is -2.20. The monoisotopic (exact) mass is 272 g/mol. The zero-order valence-corrected chi connectivity index (χ0v) is 11.5. The zero-order valence-electron chi connectivity index (χ0n) is 11.5. The van der Waals surface area contributed by atoms with Crippen molar-refractivity contribution in [3.8, 4) is 0 Å². The molecule has 2 aromatic carbocycles. The van der Waals surface area contributed by atoms with E-state index < -0.39 is 11.9 Å². The number of benzene rings is 2. The zero-order chi connectivity index (χ0) is 14.5. The molecule has 0 aliphatic heterocycles. The summed E-state index contributed by atoms with van der Waals surface area (Å²) in [5, 5.41) is 2.63. The van der Waals surface area contributed by atoms with Gasteiger partial charge in [0.25, 0.3) is 0 Å². The van der Waals surface area contributed by atoms with Crippen LogP contribution >= 0.6 is 0 Å². The second-order valence-corrected chi connectivity index (χ2v) is 4.75. The van der Waals surface area contributed by atoms with Gasteiger partial charge in [0.15, 0.2) is 0 Å². The number of halogens is 1.